The van der Waals surface area contributed by atoms with E-state index in [4.69, 9.17) is 0 Å². The molecule has 5 aromatic rings. The number of amides is 4. The van der Waals surface area contributed by atoms with Crippen molar-refractivity contribution in [1.82, 2.24) is 39.5 Å². The van der Waals surface area contributed by atoms with Gasteiger partial charge >= 0.3 is 0 Å². The Morgan fingerprint density at radius 2 is 1.51 bits per heavy atom. The molecule has 356 valence electrons. The first-order valence-corrected chi connectivity index (χ1v) is 24.7. The number of rotatable bonds is 11. The van der Waals surface area contributed by atoms with Crippen LogP contribution in [0.1, 0.15) is 85.0 Å². The van der Waals surface area contributed by atoms with Crippen molar-refractivity contribution < 1.29 is 40.8 Å². The number of benzene rings is 3. The van der Waals surface area contributed by atoms with E-state index in [0.29, 0.717) is 62.0 Å². The number of carbonyl (C=O) groups is 4. The lowest BCUT2D eigenvalue weighted by atomic mass is 9.92. The number of aryl methyl sites for hydroxylation is 1. The summed E-state index contributed by atoms with van der Waals surface area (Å²) >= 11 is 0. The SMILES string of the molecule is Cc1nc2c(F)cc(-c3nc(Nc4ccc(S(=O)(=O)C5CCN(CC6CCN(C7CN(c8cc9c(cc8F)C(=O)N(C8CCC(=O)NC8=O)C9=O)C7)CC6)CC5)cc4)ncc3F)cc2n1C(C)C. The smallest absolute Gasteiger partial charge is 0.262 e. The van der Waals surface area contributed by atoms with Gasteiger partial charge in [0, 0.05) is 49.4 Å². The summed E-state index contributed by atoms with van der Waals surface area (Å²) in [6.07, 6.45) is 4.04. The number of hydrogen-bond donors (Lipinski definition) is 2. The predicted molar refractivity (Wildman–Crippen MR) is 246 cm³/mol. The first kappa shape index (κ1) is 45.5. The van der Waals surface area contributed by atoms with Gasteiger partial charge in [-0.25, -0.2) is 36.5 Å². The number of nitrogens with one attached hydrogen (secondary N) is 2. The van der Waals surface area contributed by atoms with Crippen LogP contribution < -0.4 is 15.5 Å². The molecule has 0 saturated carbocycles. The molecule has 4 amide bonds. The lowest BCUT2D eigenvalue weighted by Crippen LogP contribution is -2.61. The van der Waals surface area contributed by atoms with Crippen molar-refractivity contribution in [2.24, 2.45) is 5.92 Å². The molecule has 3 aromatic carbocycles. The van der Waals surface area contributed by atoms with Crippen LogP contribution in [0, 0.1) is 30.3 Å². The molecule has 2 aromatic heterocycles. The molecule has 16 nitrogen and oxygen atoms in total. The van der Waals surface area contributed by atoms with Crippen LogP contribution in [-0.4, -0.2) is 129 Å². The fraction of sp³-hybridized carbons (Fsp3) is 0.438. The molecule has 4 fully saturated rings. The van der Waals surface area contributed by atoms with Gasteiger partial charge in [0.1, 0.15) is 28.9 Å². The van der Waals surface area contributed by atoms with E-state index in [0.717, 1.165) is 49.6 Å². The van der Waals surface area contributed by atoms with Gasteiger partial charge in [-0.2, -0.15) is 0 Å². The van der Waals surface area contributed by atoms with Crippen molar-refractivity contribution in [3.05, 3.63) is 89.1 Å². The van der Waals surface area contributed by atoms with E-state index < -0.39 is 62.2 Å². The van der Waals surface area contributed by atoms with Gasteiger partial charge in [0.2, 0.25) is 17.8 Å². The van der Waals surface area contributed by atoms with Crippen molar-refractivity contribution in [3.8, 4) is 11.3 Å². The molecule has 0 aliphatic carbocycles. The Balaban J connectivity index is 0.689. The molecule has 0 spiro atoms. The zero-order valence-electron chi connectivity index (χ0n) is 37.8. The van der Waals surface area contributed by atoms with Gasteiger partial charge in [-0.3, -0.25) is 34.3 Å². The van der Waals surface area contributed by atoms with Gasteiger partial charge in [-0.05, 0) is 134 Å². The molecule has 4 saturated heterocycles. The number of sulfone groups is 1. The monoisotopic (exact) mass is 952 g/mol. The molecule has 0 radical (unpaired) electrons. The second kappa shape index (κ2) is 17.7. The summed E-state index contributed by atoms with van der Waals surface area (Å²) in [7, 11) is -3.62. The highest BCUT2D eigenvalue weighted by atomic mass is 32.2. The molecule has 20 heteroatoms. The van der Waals surface area contributed by atoms with Gasteiger partial charge in [0.05, 0.1) is 38.7 Å². The number of piperidine rings is 3. The minimum atomic E-state index is -3.62. The molecule has 2 N–H and O–H groups in total. The van der Waals surface area contributed by atoms with Crippen LogP contribution in [-0.2, 0) is 19.4 Å². The molecule has 5 aliphatic heterocycles. The number of imide groups is 2. The van der Waals surface area contributed by atoms with E-state index in [1.807, 2.05) is 23.3 Å². The van der Waals surface area contributed by atoms with Crippen LogP contribution in [0.3, 0.4) is 0 Å². The molecule has 68 heavy (non-hydrogen) atoms. The minimum Gasteiger partial charge on any atom is -0.366 e. The van der Waals surface area contributed by atoms with E-state index in [1.54, 1.807) is 37.3 Å². The number of aromatic nitrogens is 4. The molecule has 1 unspecified atom stereocenters. The second-order valence-corrected chi connectivity index (χ2v) is 21.1. The van der Waals surface area contributed by atoms with Gasteiger partial charge < -0.3 is 19.7 Å². The Bertz CT molecular complexity index is 2980. The van der Waals surface area contributed by atoms with Crippen LogP contribution in [0.5, 0.6) is 0 Å². The van der Waals surface area contributed by atoms with Gasteiger partial charge in [-0.15, -0.1) is 0 Å². The molecular formula is C48H51F3N10O6S. The summed E-state index contributed by atoms with van der Waals surface area (Å²) in [6, 6.07) is 10.8. The summed E-state index contributed by atoms with van der Waals surface area (Å²) in [5.41, 5.74) is 1.58. The van der Waals surface area contributed by atoms with Gasteiger partial charge in [0.15, 0.2) is 21.5 Å². The maximum atomic E-state index is 15.4. The minimum absolute atomic E-state index is 0.000539. The zero-order valence-corrected chi connectivity index (χ0v) is 38.7. The van der Waals surface area contributed by atoms with Gasteiger partial charge in [0.25, 0.3) is 11.8 Å². The average Bonchev–Trinajstić information content (AvgIpc) is 3.76. The number of imidazole rings is 1. The third-order valence-electron chi connectivity index (χ3n) is 14.3. The van der Waals surface area contributed by atoms with E-state index in [9.17, 15) is 27.6 Å². The summed E-state index contributed by atoms with van der Waals surface area (Å²) in [5.74, 6) is -3.35. The maximum Gasteiger partial charge on any atom is 0.262 e. The number of anilines is 3. The number of likely N-dealkylation sites (tertiary alicyclic amines) is 2. The fourth-order valence-corrected chi connectivity index (χ4v) is 12.3. The van der Waals surface area contributed by atoms with E-state index in [-0.39, 0.29) is 69.4 Å². The third kappa shape index (κ3) is 8.29. The van der Waals surface area contributed by atoms with Crippen LogP contribution in [0.25, 0.3) is 22.3 Å². The summed E-state index contributed by atoms with van der Waals surface area (Å²) in [6.45, 7) is 10.8. The van der Waals surface area contributed by atoms with Crippen molar-refractivity contribution in [2.75, 3.05) is 56.0 Å². The molecule has 10 rings (SSSR count). The summed E-state index contributed by atoms with van der Waals surface area (Å²) in [4.78, 5) is 71.0. The van der Waals surface area contributed by atoms with Crippen molar-refractivity contribution in [3.63, 3.8) is 0 Å². The largest absolute Gasteiger partial charge is 0.366 e. The van der Waals surface area contributed by atoms with Crippen molar-refractivity contribution >= 4 is 61.8 Å². The molecule has 0 bridgehead atoms. The normalized spacial score (nSPS) is 20.4. The Labute approximate surface area is 390 Å². The van der Waals surface area contributed by atoms with Crippen LogP contribution in [0.2, 0.25) is 0 Å². The van der Waals surface area contributed by atoms with Crippen LogP contribution in [0.15, 0.2) is 59.6 Å². The summed E-state index contributed by atoms with van der Waals surface area (Å²) in [5, 5.41) is 4.67. The third-order valence-corrected chi connectivity index (χ3v) is 16.5. The Kier molecular flexibility index (Phi) is 11.8. The number of nitrogens with zero attached hydrogens (tertiary/aromatic N) is 8. The Morgan fingerprint density at radius 3 is 2.19 bits per heavy atom. The number of fused-ring (bicyclic) bond motifs is 2. The molecule has 5 aliphatic rings. The molecule has 1 atom stereocenters. The van der Waals surface area contributed by atoms with E-state index in [2.05, 4.69) is 35.4 Å². The van der Waals surface area contributed by atoms with Gasteiger partial charge in [-0.1, -0.05) is 0 Å². The Morgan fingerprint density at radius 1 is 0.824 bits per heavy atom. The Hall–Kier alpha value is -6.25. The van der Waals surface area contributed by atoms with Crippen LogP contribution in [0.4, 0.5) is 30.5 Å². The second-order valence-electron chi connectivity index (χ2n) is 18.9. The van der Waals surface area contributed by atoms with E-state index >= 15 is 13.2 Å². The lowest BCUT2D eigenvalue weighted by Gasteiger charge is -2.49. The molecular weight excluding hydrogens is 902 g/mol. The number of carbonyl (C=O) groups excluding carboxylic acids is 4. The first-order chi connectivity index (χ1) is 32.5. The maximum absolute atomic E-state index is 15.4. The highest BCUT2D eigenvalue weighted by Crippen LogP contribution is 2.37. The highest BCUT2D eigenvalue weighted by molar-refractivity contribution is 7.92. The summed E-state index contributed by atoms with van der Waals surface area (Å²) < 4.78 is 75.2. The molecule has 7 heterocycles. The quantitative estimate of drug-likeness (QED) is 0.152. The highest BCUT2D eigenvalue weighted by Gasteiger charge is 2.46. The topological polar surface area (TPSA) is 183 Å². The van der Waals surface area contributed by atoms with E-state index in [1.165, 1.54) is 12.1 Å². The fourth-order valence-electron chi connectivity index (χ4n) is 10.6. The number of hydrogen-bond acceptors (Lipinski definition) is 13. The zero-order chi connectivity index (χ0) is 47.8. The van der Waals surface area contributed by atoms with Crippen molar-refractivity contribution in [2.45, 2.75) is 87.6 Å². The number of halogens is 3. The van der Waals surface area contributed by atoms with Crippen LogP contribution >= 0.6 is 0 Å². The standard InChI is InChI=1S/C48H51F3N10O6S/c1-26(2)60-27(3)53-44-37(50)18-29(19-41(44)60)43-38(51)22-52-48(56-43)54-30-4-6-32(7-5-30)68(66,67)33-12-14-57(15-13-33)23-28-10-16-58(17-11-28)31-24-59(25-31)40-21-35-34(20-36(40)49)46(64)61(47(35)65)39-8-9-42(62)55-45(39)63/h4-7,18-22,26,28,31,33,39H,8-17,23-25H2,1-3H3,(H,52,54,56)(H,55,62,63). The van der Waals surface area contributed by atoms with Crippen molar-refractivity contribution in [1.29, 1.82) is 0 Å². The average molecular weight is 953 g/mol. The predicted octanol–water partition coefficient (Wildman–Crippen LogP) is 5.78. The first-order valence-electron chi connectivity index (χ1n) is 23.1. The lowest BCUT2D eigenvalue weighted by molar-refractivity contribution is -0.136.